The summed E-state index contributed by atoms with van der Waals surface area (Å²) in [7, 11) is 1.48. The summed E-state index contributed by atoms with van der Waals surface area (Å²) in [6, 6.07) is 8.41. The highest BCUT2D eigenvalue weighted by Crippen LogP contribution is 2.31. The zero-order valence-corrected chi connectivity index (χ0v) is 17.4. The van der Waals surface area contributed by atoms with Crippen LogP contribution in [0.2, 0.25) is 10.0 Å². The van der Waals surface area contributed by atoms with Crippen LogP contribution in [-0.2, 0) is 4.74 Å². The van der Waals surface area contributed by atoms with Crippen molar-refractivity contribution in [1.82, 2.24) is 14.8 Å². The van der Waals surface area contributed by atoms with Crippen LogP contribution in [0.5, 0.6) is 0 Å². The van der Waals surface area contributed by atoms with Crippen molar-refractivity contribution < 1.29 is 9.53 Å². The summed E-state index contributed by atoms with van der Waals surface area (Å²) in [6.07, 6.45) is 2.33. The number of carbonyl (C=O) groups excluding carboxylic acids is 1. The Labute approximate surface area is 173 Å². The van der Waals surface area contributed by atoms with Crippen LogP contribution < -0.4 is 0 Å². The van der Waals surface area contributed by atoms with E-state index in [1.807, 2.05) is 0 Å². The number of methoxy groups -OCH3 is 1. The number of hydrogen-bond donors (Lipinski definition) is 0. The molecule has 0 saturated heterocycles. The number of carbonyl (C=O) groups is 1. The first-order chi connectivity index (χ1) is 13.0. The SMILES string of the molecule is COC(=Nc1c(C=O)ccc(Cl)c1C)c1cc(Br)nn1-c1ncccc1Cl. The summed E-state index contributed by atoms with van der Waals surface area (Å²) in [5.41, 5.74) is 1.98. The lowest BCUT2D eigenvalue weighted by atomic mass is 10.1. The maximum absolute atomic E-state index is 11.4. The van der Waals surface area contributed by atoms with E-state index < -0.39 is 0 Å². The molecular formula is C18H13BrCl2N4O2. The average molecular weight is 468 g/mol. The summed E-state index contributed by atoms with van der Waals surface area (Å²) in [5, 5.41) is 5.28. The molecule has 9 heteroatoms. The van der Waals surface area contributed by atoms with E-state index in [1.54, 1.807) is 43.5 Å². The lowest BCUT2D eigenvalue weighted by molar-refractivity contribution is 0.112. The highest BCUT2D eigenvalue weighted by Gasteiger charge is 2.19. The number of aromatic nitrogens is 3. The van der Waals surface area contributed by atoms with Gasteiger partial charge in [-0.2, -0.15) is 5.10 Å². The van der Waals surface area contributed by atoms with E-state index in [0.29, 0.717) is 43.0 Å². The van der Waals surface area contributed by atoms with E-state index in [1.165, 1.54) is 11.8 Å². The molecule has 0 radical (unpaired) electrons. The van der Waals surface area contributed by atoms with Crippen LogP contribution >= 0.6 is 39.1 Å². The molecule has 138 valence electrons. The van der Waals surface area contributed by atoms with Crippen molar-refractivity contribution in [3.63, 3.8) is 0 Å². The predicted molar refractivity (Wildman–Crippen MR) is 109 cm³/mol. The second-order valence-electron chi connectivity index (χ2n) is 5.42. The first-order valence-electron chi connectivity index (χ1n) is 7.70. The molecule has 27 heavy (non-hydrogen) atoms. The standard InChI is InChI=1S/C18H13BrCl2N4O2/c1-10-12(20)6-5-11(9-26)16(10)23-18(27-2)14-8-15(19)24-25(14)17-13(21)4-3-7-22-17/h3-9H,1-2H3. The fraction of sp³-hybridized carbons (Fsp3) is 0.111. The van der Waals surface area contributed by atoms with Gasteiger partial charge in [0.05, 0.1) is 17.8 Å². The number of pyridine rings is 1. The molecule has 3 aromatic rings. The van der Waals surface area contributed by atoms with Crippen molar-refractivity contribution >= 4 is 57.0 Å². The zero-order chi connectivity index (χ0) is 19.6. The molecule has 0 N–H and O–H groups in total. The Bertz CT molecular complexity index is 1050. The van der Waals surface area contributed by atoms with E-state index in [-0.39, 0.29) is 5.90 Å². The molecule has 0 amide bonds. The highest BCUT2D eigenvalue weighted by molar-refractivity contribution is 9.10. The van der Waals surface area contributed by atoms with Crippen molar-refractivity contribution in [3.05, 3.63) is 68.0 Å². The average Bonchev–Trinajstić information content (AvgIpc) is 3.04. The second kappa shape index (κ2) is 8.21. The van der Waals surface area contributed by atoms with Gasteiger partial charge >= 0.3 is 0 Å². The molecule has 0 aliphatic carbocycles. The van der Waals surface area contributed by atoms with Gasteiger partial charge in [-0.15, -0.1) is 0 Å². The smallest absolute Gasteiger partial charge is 0.240 e. The molecule has 0 fully saturated rings. The Morgan fingerprint density at radius 1 is 1.30 bits per heavy atom. The van der Waals surface area contributed by atoms with Crippen LogP contribution in [0.3, 0.4) is 0 Å². The topological polar surface area (TPSA) is 69.4 Å². The molecule has 6 nitrogen and oxygen atoms in total. The van der Waals surface area contributed by atoms with Gasteiger partial charge in [0.2, 0.25) is 5.90 Å². The molecule has 0 aliphatic rings. The van der Waals surface area contributed by atoms with E-state index in [4.69, 9.17) is 27.9 Å². The highest BCUT2D eigenvalue weighted by atomic mass is 79.9. The van der Waals surface area contributed by atoms with E-state index in [2.05, 4.69) is 31.0 Å². The van der Waals surface area contributed by atoms with Crippen LogP contribution in [0.15, 0.2) is 46.1 Å². The lowest BCUT2D eigenvalue weighted by Gasteiger charge is -2.11. The summed E-state index contributed by atoms with van der Waals surface area (Å²) >= 11 is 15.8. The largest absolute Gasteiger partial charge is 0.479 e. The van der Waals surface area contributed by atoms with Crippen LogP contribution in [0, 0.1) is 6.92 Å². The zero-order valence-electron chi connectivity index (χ0n) is 14.3. The van der Waals surface area contributed by atoms with Gasteiger partial charge < -0.3 is 4.74 Å². The van der Waals surface area contributed by atoms with Gasteiger partial charge in [-0.25, -0.2) is 14.7 Å². The van der Waals surface area contributed by atoms with Gasteiger partial charge in [0.25, 0.3) is 0 Å². The number of nitrogens with zero attached hydrogens (tertiary/aromatic N) is 4. The molecule has 2 heterocycles. The quantitative estimate of drug-likeness (QED) is 0.301. The normalized spacial score (nSPS) is 11.5. The third-order valence-electron chi connectivity index (χ3n) is 3.77. The number of halogens is 3. The van der Waals surface area contributed by atoms with Gasteiger partial charge in [-0.3, -0.25) is 4.79 Å². The Hall–Kier alpha value is -2.22. The Morgan fingerprint density at radius 2 is 2.07 bits per heavy atom. The molecule has 0 saturated carbocycles. The molecule has 2 aromatic heterocycles. The Morgan fingerprint density at radius 3 is 2.74 bits per heavy atom. The summed E-state index contributed by atoms with van der Waals surface area (Å²) in [6.45, 7) is 1.78. The molecule has 0 unspecified atom stereocenters. The lowest BCUT2D eigenvalue weighted by Crippen LogP contribution is -2.13. The molecule has 0 aliphatic heterocycles. The van der Waals surface area contributed by atoms with Crippen LogP contribution in [0.4, 0.5) is 5.69 Å². The maximum atomic E-state index is 11.4. The summed E-state index contributed by atoms with van der Waals surface area (Å²) in [5.74, 6) is 0.645. The van der Waals surface area contributed by atoms with Crippen molar-refractivity contribution in [2.75, 3.05) is 7.11 Å². The van der Waals surface area contributed by atoms with E-state index in [0.717, 1.165) is 6.29 Å². The third-order valence-corrected chi connectivity index (χ3v) is 4.86. The predicted octanol–water partition coefficient (Wildman–Crippen LogP) is 5.18. The molecule has 1 aromatic carbocycles. The minimum atomic E-state index is 0.225. The fourth-order valence-corrected chi connectivity index (χ4v) is 3.18. The van der Waals surface area contributed by atoms with E-state index in [9.17, 15) is 4.79 Å². The molecular weight excluding hydrogens is 455 g/mol. The van der Waals surface area contributed by atoms with Crippen LogP contribution in [0.25, 0.3) is 5.82 Å². The number of benzene rings is 1. The number of rotatable bonds is 4. The first-order valence-corrected chi connectivity index (χ1v) is 9.25. The fourth-order valence-electron chi connectivity index (χ4n) is 2.45. The number of hydrogen-bond acceptors (Lipinski definition) is 5. The van der Waals surface area contributed by atoms with Gasteiger partial charge in [0, 0.05) is 22.8 Å². The summed E-state index contributed by atoms with van der Waals surface area (Å²) in [4.78, 5) is 20.2. The minimum absolute atomic E-state index is 0.225. The molecule has 0 bridgehead atoms. The van der Waals surface area contributed by atoms with Crippen molar-refractivity contribution in [2.24, 2.45) is 4.99 Å². The van der Waals surface area contributed by atoms with Gasteiger partial charge in [-0.1, -0.05) is 23.2 Å². The molecule has 0 atom stereocenters. The van der Waals surface area contributed by atoms with Crippen molar-refractivity contribution in [2.45, 2.75) is 6.92 Å². The maximum Gasteiger partial charge on any atom is 0.240 e. The van der Waals surface area contributed by atoms with Crippen molar-refractivity contribution in [1.29, 1.82) is 0 Å². The van der Waals surface area contributed by atoms with Gasteiger partial charge in [-0.05, 0) is 52.7 Å². The molecule has 3 rings (SSSR count). The first kappa shape index (κ1) is 19.5. The van der Waals surface area contributed by atoms with Crippen LogP contribution in [-0.4, -0.2) is 34.1 Å². The number of aliphatic imine (C=N–C) groups is 1. The van der Waals surface area contributed by atoms with Gasteiger partial charge in [0.15, 0.2) is 12.1 Å². The monoisotopic (exact) mass is 466 g/mol. The third kappa shape index (κ3) is 3.90. The van der Waals surface area contributed by atoms with Crippen molar-refractivity contribution in [3.8, 4) is 5.82 Å². The number of aldehydes is 1. The minimum Gasteiger partial charge on any atom is -0.479 e. The second-order valence-corrected chi connectivity index (χ2v) is 7.05. The van der Waals surface area contributed by atoms with E-state index >= 15 is 0 Å². The molecule has 0 spiro atoms. The number of ether oxygens (including phenoxy) is 1. The summed E-state index contributed by atoms with van der Waals surface area (Å²) < 4.78 is 7.54. The Balaban J connectivity index is 2.22. The Kier molecular flexibility index (Phi) is 5.94. The van der Waals surface area contributed by atoms with Crippen LogP contribution in [0.1, 0.15) is 21.6 Å². The van der Waals surface area contributed by atoms with Gasteiger partial charge in [0.1, 0.15) is 10.3 Å².